The van der Waals surface area contributed by atoms with Gasteiger partial charge in [-0.15, -0.1) is 0 Å². The average molecular weight is 271 g/mol. The third-order valence-electron chi connectivity index (χ3n) is 3.17. The minimum Gasteiger partial charge on any atom is -0.326 e. The zero-order valence-corrected chi connectivity index (χ0v) is 12.3. The number of aromatic nitrogens is 2. The van der Waals surface area contributed by atoms with E-state index in [4.69, 9.17) is 0 Å². The molecule has 0 saturated carbocycles. The maximum Gasteiger partial charge on any atom is 0.226 e. The van der Waals surface area contributed by atoms with Gasteiger partial charge in [0.25, 0.3) is 0 Å². The van der Waals surface area contributed by atoms with E-state index in [-0.39, 0.29) is 5.91 Å². The van der Waals surface area contributed by atoms with E-state index in [1.54, 1.807) is 10.9 Å². The second kappa shape index (κ2) is 6.37. The Morgan fingerprint density at radius 1 is 1.40 bits per heavy atom. The molecule has 0 fully saturated rings. The maximum atomic E-state index is 11.9. The third-order valence-corrected chi connectivity index (χ3v) is 3.17. The molecule has 1 aromatic carbocycles. The van der Waals surface area contributed by atoms with Crippen LogP contribution in [0.3, 0.4) is 0 Å². The van der Waals surface area contributed by atoms with Gasteiger partial charge >= 0.3 is 0 Å². The summed E-state index contributed by atoms with van der Waals surface area (Å²) in [6.45, 7) is 6.87. The number of hydrogen-bond donors (Lipinski definition) is 1. The monoisotopic (exact) mass is 271 g/mol. The smallest absolute Gasteiger partial charge is 0.226 e. The summed E-state index contributed by atoms with van der Waals surface area (Å²) in [5, 5.41) is 7.10. The van der Waals surface area contributed by atoms with Crippen molar-refractivity contribution in [3.63, 3.8) is 0 Å². The molecule has 1 aromatic heterocycles. The van der Waals surface area contributed by atoms with E-state index in [1.165, 1.54) is 5.56 Å². The molecule has 0 aliphatic rings. The Hall–Kier alpha value is -2.10. The summed E-state index contributed by atoms with van der Waals surface area (Å²) >= 11 is 0. The van der Waals surface area contributed by atoms with Crippen LogP contribution in [0.4, 0.5) is 5.69 Å². The molecule has 1 heterocycles. The Morgan fingerprint density at radius 2 is 2.20 bits per heavy atom. The zero-order chi connectivity index (χ0) is 14.5. The van der Waals surface area contributed by atoms with Gasteiger partial charge in [0.2, 0.25) is 5.91 Å². The van der Waals surface area contributed by atoms with Crippen molar-refractivity contribution in [2.75, 3.05) is 5.32 Å². The van der Waals surface area contributed by atoms with Crippen LogP contribution in [0.25, 0.3) is 0 Å². The molecule has 1 N–H and O–H groups in total. The van der Waals surface area contributed by atoms with Crippen LogP contribution in [-0.2, 0) is 11.3 Å². The molecule has 0 radical (unpaired) electrons. The molecule has 2 rings (SSSR count). The Kier molecular flexibility index (Phi) is 4.56. The van der Waals surface area contributed by atoms with Gasteiger partial charge in [0.05, 0.1) is 6.20 Å². The number of hydrogen-bond acceptors (Lipinski definition) is 2. The summed E-state index contributed by atoms with van der Waals surface area (Å²) in [6, 6.07) is 8.00. The minimum atomic E-state index is 0.0130. The van der Waals surface area contributed by atoms with Crippen molar-refractivity contribution in [3.8, 4) is 0 Å². The lowest BCUT2D eigenvalue weighted by atomic mass is 10.0. The Bertz CT molecular complexity index is 587. The van der Waals surface area contributed by atoms with Gasteiger partial charge in [-0.1, -0.05) is 26.0 Å². The molecule has 0 unspecified atom stereocenters. The highest BCUT2D eigenvalue weighted by Crippen LogP contribution is 2.18. The molecule has 0 spiro atoms. The fourth-order valence-electron chi connectivity index (χ4n) is 2.00. The van der Waals surface area contributed by atoms with Crippen molar-refractivity contribution in [3.05, 3.63) is 47.8 Å². The third kappa shape index (κ3) is 3.95. The molecule has 4 heteroatoms. The highest BCUT2D eigenvalue weighted by Gasteiger charge is 2.05. The number of carbonyl (C=O) groups is 1. The normalized spacial score (nSPS) is 10.8. The van der Waals surface area contributed by atoms with E-state index < -0.39 is 0 Å². The lowest BCUT2D eigenvalue weighted by Gasteiger charge is -2.09. The topological polar surface area (TPSA) is 46.9 Å². The first-order valence-corrected chi connectivity index (χ1v) is 6.93. The van der Waals surface area contributed by atoms with Crippen molar-refractivity contribution < 1.29 is 4.79 Å². The molecule has 0 aliphatic carbocycles. The van der Waals surface area contributed by atoms with Gasteiger partial charge in [-0.2, -0.15) is 5.10 Å². The summed E-state index contributed by atoms with van der Waals surface area (Å²) in [6.07, 6.45) is 4.16. The number of amides is 1. The molecule has 106 valence electrons. The van der Waals surface area contributed by atoms with Crippen LogP contribution in [0.1, 0.15) is 37.3 Å². The summed E-state index contributed by atoms with van der Waals surface area (Å²) < 4.78 is 1.79. The molecular weight excluding hydrogens is 250 g/mol. The predicted octanol–water partition coefficient (Wildman–Crippen LogP) is 3.34. The molecule has 0 aliphatic heterocycles. The first kappa shape index (κ1) is 14.3. The fraction of sp³-hybridized carbons (Fsp3) is 0.375. The van der Waals surface area contributed by atoms with Gasteiger partial charge in [0, 0.05) is 24.8 Å². The van der Waals surface area contributed by atoms with Gasteiger partial charge < -0.3 is 5.32 Å². The van der Waals surface area contributed by atoms with Gasteiger partial charge in [0.15, 0.2) is 0 Å². The molecule has 0 saturated heterocycles. The lowest BCUT2D eigenvalue weighted by molar-refractivity contribution is -0.116. The summed E-state index contributed by atoms with van der Waals surface area (Å²) in [5.74, 6) is 0.470. The Morgan fingerprint density at radius 3 is 2.85 bits per heavy atom. The standard InChI is InChI=1S/C16H21N3O/c1-12(2)14-5-4-6-15(9-14)18-16(20)7-8-19-11-13(3)10-17-19/h4-6,9-12H,7-8H2,1-3H3,(H,18,20). The van der Waals surface area contributed by atoms with Crippen molar-refractivity contribution in [1.82, 2.24) is 9.78 Å². The molecular formula is C16H21N3O. The van der Waals surface area contributed by atoms with E-state index >= 15 is 0 Å². The summed E-state index contributed by atoms with van der Waals surface area (Å²) in [7, 11) is 0. The number of aryl methyl sites for hydroxylation is 2. The maximum absolute atomic E-state index is 11.9. The number of carbonyl (C=O) groups excluding carboxylic acids is 1. The number of anilines is 1. The first-order chi connectivity index (χ1) is 9.54. The van der Waals surface area contributed by atoms with Crippen LogP contribution >= 0.6 is 0 Å². The van der Waals surface area contributed by atoms with Crippen LogP contribution in [0, 0.1) is 6.92 Å². The zero-order valence-electron chi connectivity index (χ0n) is 12.3. The molecule has 4 nitrogen and oxygen atoms in total. The summed E-state index contributed by atoms with van der Waals surface area (Å²) in [4.78, 5) is 11.9. The van der Waals surface area contributed by atoms with Gasteiger partial charge in [-0.3, -0.25) is 9.48 Å². The highest BCUT2D eigenvalue weighted by molar-refractivity contribution is 5.90. The van der Waals surface area contributed by atoms with E-state index in [9.17, 15) is 4.79 Å². The minimum absolute atomic E-state index is 0.0130. The largest absolute Gasteiger partial charge is 0.326 e. The molecule has 0 bridgehead atoms. The molecule has 1 amide bonds. The van der Waals surface area contributed by atoms with Gasteiger partial charge in [-0.05, 0) is 36.1 Å². The van der Waals surface area contributed by atoms with E-state index in [2.05, 4.69) is 30.3 Å². The van der Waals surface area contributed by atoms with Crippen LogP contribution in [0.2, 0.25) is 0 Å². The Balaban J connectivity index is 1.89. The van der Waals surface area contributed by atoms with Crippen molar-refractivity contribution in [1.29, 1.82) is 0 Å². The van der Waals surface area contributed by atoms with Crippen LogP contribution in [-0.4, -0.2) is 15.7 Å². The predicted molar refractivity (Wildman–Crippen MR) is 80.7 cm³/mol. The number of nitrogens with zero attached hydrogens (tertiary/aromatic N) is 2. The fourth-order valence-corrected chi connectivity index (χ4v) is 2.00. The summed E-state index contributed by atoms with van der Waals surface area (Å²) in [5.41, 5.74) is 3.19. The van der Waals surface area contributed by atoms with Crippen LogP contribution < -0.4 is 5.32 Å². The van der Waals surface area contributed by atoms with Crippen LogP contribution in [0.5, 0.6) is 0 Å². The van der Waals surface area contributed by atoms with E-state index in [0.29, 0.717) is 18.9 Å². The number of benzene rings is 1. The van der Waals surface area contributed by atoms with Crippen molar-refractivity contribution >= 4 is 11.6 Å². The van der Waals surface area contributed by atoms with Gasteiger partial charge in [-0.25, -0.2) is 0 Å². The molecule has 20 heavy (non-hydrogen) atoms. The average Bonchev–Trinajstić information content (AvgIpc) is 2.82. The quantitative estimate of drug-likeness (QED) is 0.906. The lowest BCUT2D eigenvalue weighted by Crippen LogP contribution is -2.14. The highest BCUT2D eigenvalue weighted by atomic mass is 16.1. The molecule has 0 atom stereocenters. The van der Waals surface area contributed by atoms with Crippen molar-refractivity contribution in [2.45, 2.75) is 39.7 Å². The number of nitrogens with one attached hydrogen (secondary N) is 1. The Labute approximate surface area is 119 Å². The van der Waals surface area contributed by atoms with Crippen LogP contribution in [0.15, 0.2) is 36.7 Å². The van der Waals surface area contributed by atoms with Gasteiger partial charge in [0.1, 0.15) is 0 Å². The second-order valence-corrected chi connectivity index (χ2v) is 5.36. The van der Waals surface area contributed by atoms with Crippen molar-refractivity contribution in [2.24, 2.45) is 0 Å². The SMILES string of the molecule is Cc1cnn(CCC(=O)Nc2cccc(C(C)C)c2)c1. The molecule has 2 aromatic rings. The van der Waals surface area contributed by atoms with E-state index in [1.807, 2.05) is 31.3 Å². The number of rotatable bonds is 5. The van der Waals surface area contributed by atoms with E-state index in [0.717, 1.165) is 11.3 Å². The second-order valence-electron chi connectivity index (χ2n) is 5.36. The first-order valence-electron chi connectivity index (χ1n) is 6.93.